The molecule has 31 heavy (non-hydrogen) atoms. The molecule has 6 nitrogen and oxygen atoms in total. The summed E-state index contributed by atoms with van der Waals surface area (Å²) in [7, 11) is 0. The van der Waals surface area contributed by atoms with Crippen LogP contribution in [0.4, 0.5) is 0 Å². The van der Waals surface area contributed by atoms with Crippen molar-refractivity contribution in [3.63, 3.8) is 0 Å². The molecule has 3 aromatic rings. The third-order valence-electron chi connectivity index (χ3n) is 4.57. The number of nitrogens with one attached hydrogen (secondary N) is 1. The van der Waals surface area contributed by atoms with E-state index in [2.05, 4.69) is 10.3 Å². The molecule has 0 aliphatic heterocycles. The van der Waals surface area contributed by atoms with Crippen LogP contribution in [0, 0.1) is 11.3 Å². The van der Waals surface area contributed by atoms with Gasteiger partial charge in [0, 0.05) is 23.8 Å². The largest absolute Gasteiger partial charge is 0.438 e. The number of aromatic nitrogens is 1. The van der Waals surface area contributed by atoms with Crippen molar-refractivity contribution in [2.75, 3.05) is 13.2 Å². The Bertz CT molecular complexity index is 1010. The summed E-state index contributed by atoms with van der Waals surface area (Å²) in [4.78, 5) is 4.08. The Morgan fingerprint density at radius 3 is 2.58 bits per heavy atom. The Labute approximate surface area is 192 Å². The number of rotatable bonds is 9. The lowest BCUT2D eigenvalue weighted by Gasteiger charge is -2.19. The number of pyridine rings is 1. The van der Waals surface area contributed by atoms with Crippen LogP contribution in [0.25, 0.3) is 0 Å². The Kier molecular flexibility index (Phi) is 9.73. The minimum Gasteiger partial charge on any atom is -0.438 e. The minimum atomic E-state index is -0.721. The van der Waals surface area contributed by atoms with E-state index < -0.39 is 6.10 Å². The monoisotopic (exact) mass is 459 g/mol. The van der Waals surface area contributed by atoms with E-state index in [-0.39, 0.29) is 30.9 Å². The van der Waals surface area contributed by atoms with Gasteiger partial charge in [0.2, 0.25) is 5.88 Å². The number of ether oxygens (including phenoxy) is 1. The van der Waals surface area contributed by atoms with E-state index in [1.54, 1.807) is 48.7 Å². The van der Waals surface area contributed by atoms with Gasteiger partial charge >= 0.3 is 0 Å². The second-order valence-corrected chi connectivity index (χ2v) is 7.21. The normalized spacial score (nSPS) is 12.3. The first-order valence-corrected chi connectivity index (χ1v) is 9.86. The Morgan fingerprint density at radius 1 is 1.13 bits per heavy atom. The molecule has 3 rings (SSSR count). The highest BCUT2D eigenvalue weighted by atomic mass is 35.5. The van der Waals surface area contributed by atoms with Gasteiger partial charge in [0.05, 0.1) is 12.7 Å². The van der Waals surface area contributed by atoms with Crippen LogP contribution in [0.3, 0.4) is 0 Å². The summed E-state index contributed by atoms with van der Waals surface area (Å²) in [6, 6.07) is 19.6. The van der Waals surface area contributed by atoms with Crippen LogP contribution in [-0.4, -0.2) is 34.4 Å². The number of aliphatic hydroxyl groups excluding tert-OH is 2. The second-order valence-electron chi connectivity index (χ2n) is 6.78. The maximum Gasteiger partial charge on any atom is 0.237 e. The fourth-order valence-corrected chi connectivity index (χ4v) is 3.16. The van der Waals surface area contributed by atoms with E-state index in [9.17, 15) is 10.2 Å². The molecule has 0 saturated carbocycles. The zero-order valence-corrected chi connectivity index (χ0v) is 18.2. The van der Waals surface area contributed by atoms with Crippen molar-refractivity contribution in [3.05, 3.63) is 88.6 Å². The van der Waals surface area contributed by atoms with Gasteiger partial charge in [-0.25, -0.2) is 4.98 Å². The minimum absolute atomic E-state index is 0. The number of aliphatic hydroxyl groups is 2. The van der Waals surface area contributed by atoms with Crippen LogP contribution in [-0.2, 0) is 6.42 Å². The molecule has 0 spiro atoms. The van der Waals surface area contributed by atoms with E-state index in [0.717, 1.165) is 11.1 Å². The van der Waals surface area contributed by atoms with Gasteiger partial charge in [0.15, 0.2) is 0 Å². The molecular formula is C23H23Cl2N3O3. The van der Waals surface area contributed by atoms with E-state index in [1.165, 1.54) is 0 Å². The molecular weight excluding hydrogens is 437 g/mol. The van der Waals surface area contributed by atoms with Crippen molar-refractivity contribution in [2.24, 2.45) is 0 Å². The Balaban J connectivity index is 0.00000341. The summed E-state index contributed by atoms with van der Waals surface area (Å²) in [6.45, 7) is 0.226. The Hall–Kier alpha value is -2.66. The van der Waals surface area contributed by atoms with Crippen LogP contribution < -0.4 is 10.1 Å². The zero-order chi connectivity index (χ0) is 21.3. The molecule has 1 aromatic heterocycles. The SMILES string of the molecule is Cl.N#Cc1cccnc1Oc1ccc(C[C@@H](CO)NC[C@H](O)c2cccc(Cl)c2)cc1. The fourth-order valence-electron chi connectivity index (χ4n) is 2.96. The highest BCUT2D eigenvalue weighted by Crippen LogP contribution is 2.23. The van der Waals surface area contributed by atoms with Gasteiger partial charge in [-0.15, -0.1) is 12.4 Å². The van der Waals surface area contributed by atoms with Crippen LogP contribution in [0.5, 0.6) is 11.6 Å². The van der Waals surface area contributed by atoms with E-state index in [4.69, 9.17) is 21.6 Å². The van der Waals surface area contributed by atoms with Gasteiger partial charge < -0.3 is 20.3 Å². The molecule has 0 unspecified atom stereocenters. The molecule has 3 N–H and O–H groups in total. The molecule has 0 bridgehead atoms. The first kappa shape index (κ1) is 24.6. The molecule has 0 aliphatic carbocycles. The lowest BCUT2D eigenvalue weighted by atomic mass is 10.1. The molecule has 2 atom stereocenters. The van der Waals surface area contributed by atoms with Crippen LogP contribution >= 0.6 is 24.0 Å². The molecule has 0 aliphatic rings. The predicted octanol–water partition coefficient (Wildman–Crippen LogP) is 4.05. The summed E-state index contributed by atoms with van der Waals surface area (Å²) >= 11 is 5.97. The maximum atomic E-state index is 10.3. The standard InChI is InChI=1S/C23H22ClN3O3.ClH/c24-19-5-1-3-17(12-19)22(29)14-27-20(15-28)11-16-6-8-21(9-7-16)30-23-18(13-25)4-2-10-26-23;/h1-10,12,20,22,27-29H,11,14-15H2;1H/t20-,22-;/m0./s1. The number of halogens is 2. The van der Waals surface area contributed by atoms with Crippen LogP contribution in [0.15, 0.2) is 66.9 Å². The molecule has 0 radical (unpaired) electrons. The summed E-state index contributed by atoms with van der Waals surface area (Å²) in [5, 5.41) is 32.9. The lowest BCUT2D eigenvalue weighted by Crippen LogP contribution is -2.37. The van der Waals surface area contributed by atoms with E-state index in [1.807, 2.05) is 24.3 Å². The molecule has 0 amide bonds. The summed E-state index contributed by atoms with van der Waals surface area (Å²) in [5.41, 5.74) is 2.08. The van der Waals surface area contributed by atoms with Crippen molar-refractivity contribution in [1.29, 1.82) is 5.26 Å². The number of nitriles is 1. The summed E-state index contributed by atoms with van der Waals surface area (Å²) < 4.78 is 5.68. The van der Waals surface area contributed by atoms with Gasteiger partial charge in [-0.2, -0.15) is 5.26 Å². The molecule has 0 saturated heterocycles. The second kappa shape index (κ2) is 12.3. The zero-order valence-electron chi connectivity index (χ0n) is 16.6. The lowest BCUT2D eigenvalue weighted by molar-refractivity contribution is 0.158. The van der Waals surface area contributed by atoms with Gasteiger partial charge in [-0.05, 0) is 53.9 Å². The Morgan fingerprint density at radius 2 is 1.90 bits per heavy atom. The molecule has 162 valence electrons. The summed E-state index contributed by atoms with van der Waals surface area (Å²) in [6.07, 6.45) is 1.42. The van der Waals surface area contributed by atoms with Crippen molar-refractivity contribution >= 4 is 24.0 Å². The first-order chi connectivity index (χ1) is 14.6. The average Bonchev–Trinajstić information content (AvgIpc) is 2.78. The van der Waals surface area contributed by atoms with Crippen molar-refractivity contribution in [2.45, 2.75) is 18.6 Å². The number of hydrogen-bond donors (Lipinski definition) is 3. The van der Waals surface area contributed by atoms with Crippen molar-refractivity contribution < 1.29 is 14.9 Å². The molecule has 0 fully saturated rings. The molecule has 2 aromatic carbocycles. The predicted molar refractivity (Wildman–Crippen MR) is 122 cm³/mol. The van der Waals surface area contributed by atoms with Gasteiger partial charge in [0.1, 0.15) is 17.4 Å². The first-order valence-electron chi connectivity index (χ1n) is 9.48. The van der Waals surface area contributed by atoms with E-state index >= 15 is 0 Å². The highest BCUT2D eigenvalue weighted by Gasteiger charge is 2.13. The number of hydrogen-bond acceptors (Lipinski definition) is 6. The number of nitrogens with zero attached hydrogens (tertiary/aromatic N) is 2. The molecule has 8 heteroatoms. The highest BCUT2D eigenvalue weighted by molar-refractivity contribution is 6.30. The average molecular weight is 460 g/mol. The van der Waals surface area contributed by atoms with Crippen molar-refractivity contribution in [3.8, 4) is 17.7 Å². The van der Waals surface area contributed by atoms with Crippen LogP contribution in [0.2, 0.25) is 5.02 Å². The number of benzene rings is 2. The smallest absolute Gasteiger partial charge is 0.237 e. The third kappa shape index (κ3) is 7.21. The summed E-state index contributed by atoms with van der Waals surface area (Å²) in [5.74, 6) is 0.830. The van der Waals surface area contributed by atoms with Gasteiger partial charge in [0.25, 0.3) is 0 Å². The van der Waals surface area contributed by atoms with Crippen LogP contribution in [0.1, 0.15) is 22.8 Å². The quantitative estimate of drug-likeness (QED) is 0.446. The van der Waals surface area contributed by atoms with Crippen molar-refractivity contribution in [1.82, 2.24) is 10.3 Å². The van der Waals surface area contributed by atoms with Gasteiger partial charge in [-0.1, -0.05) is 35.9 Å². The van der Waals surface area contributed by atoms with E-state index in [0.29, 0.717) is 29.3 Å². The third-order valence-corrected chi connectivity index (χ3v) is 4.80. The van der Waals surface area contributed by atoms with Gasteiger partial charge in [-0.3, -0.25) is 0 Å². The fraction of sp³-hybridized carbons (Fsp3) is 0.217. The maximum absolute atomic E-state index is 10.3. The topological polar surface area (TPSA) is 98.4 Å². The molecule has 1 heterocycles.